The highest BCUT2D eigenvalue weighted by molar-refractivity contribution is 7.91. The topological polar surface area (TPSA) is 80.7 Å². The Morgan fingerprint density at radius 1 is 1.41 bits per heavy atom. The van der Waals surface area contributed by atoms with Crippen molar-refractivity contribution in [1.29, 1.82) is 0 Å². The summed E-state index contributed by atoms with van der Waals surface area (Å²) in [7, 11) is -2.04. The lowest BCUT2D eigenvalue weighted by Gasteiger charge is -2.07. The molecule has 0 aliphatic heterocycles. The van der Waals surface area contributed by atoms with Crippen molar-refractivity contribution in [3.8, 4) is 5.75 Å². The first-order chi connectivity index (χ1) is 7.86. The summed E-state index contributed by atoms with van der Waals surface area (Å²) < 4.78 is 28.6. The normalized spacial score (nSPS) is 11.2. The number of sulfone groups is 1. The van der Waals surface area contributed by atoms with Crippen LogP contribution in [0.25, 0.3) is 0 Å². The van der Waals surface area contributed by atoms with E-state index in [0.29, 0.717) is 11.3 Å². The largest absolute Gasteiger partial charge is 0.496 e. The van der Waals surface area contributed by atoms with Gasteiger partial charge in [-0.05, 0) is 30.7 Å². The van der Waals surface area contributed by atoms with Gasteiger partial charge in [0, 0.05) is 0 Å². The molecule has 0 atom stereocenters. The van der Waals surface area contributed by atoms with Crippen molar-refractivity contribution >= 4 is 15.8 Å². The zero-order chi connectivity index (χ0) is 13.1. The van der Waals surface area contributed by atoms with Gasteiger partial charge in [0.25, 0.3) is 0 Å². The van der Waals surface area contributed by atoms with Gasteiger partial charge in [0.1, 0.15) is 5.75 Å². The molecule has 0 saturated heterocycles. The Morgan fingerprint density at radius 3 is 2.53 bits per heavy atom. The highest BCUT2D eigenvalue weighted by Crippen LogP contribution is 2.22. The van der Waals surface area contributed by atoms with E-state index in [1.807, 2.05) is 0 Å². The van der Waals surface area contributed by atoms with Crippen molar-refractivity contribution in [2.45, 2.75) is 18.2 Å². The molecule has 5 nitrogen and oxygen atoms in total. The molecular weight excluding hydrogens is 244 g/mol. The molecular formula is C11H14O5S. The molecule has 0 spiro atoms. The van der Waals surface area contributed by atoms with Crippen molar-refractivity contribution in [2.24, 2.45) is 0 Å². The molecule has 0 radical (unpaired) electrons. The number of hydrogen-bond donors (Lipinski definition) is 1. The highest BCUT2D eigenvalue weighted by atomic mass is 32.2. The summed E-state index contributed by atoms with van der Waals surface area (Å²) in [4.78, 5) is 10.5. The Balaban J connectivity index is 2.99. The van der Waals surface area contributed by atoms with Gasteiger partial charge in [-0.1, -0.05) is 0 Å². The van der Waals surface area contributed by atoms with Crippen LogP contribution in [-0.4, -0.2) is 32.4 Å². The number of rotatable bonds is 5. The molecule has 0 fully saturated rings. The lowest BCUT2D eigenvalue weighted by atomic mass is 10.2. The number of hydrogen-bond acceptors (Lipinski definition) is 4. The second kappa shape index (κ2) is 5.18. The van der Waals surface area contributed by atoms with Crippen molar-refractivity contribution in [3.05, 3.63) is 23.8 Å². The summed E-state index contributed by atoms with van der Waals surface area (Å²) in [5.74, 6) is -0.922. The van der Waals surface area contributed by atoms with Gasteiger partial charge in [-0.15, -0.1) is 0 Å². The number of carboxylic acid groups (broad SMARTS) is 1. The average Bonchev–Trinajstić information content (AvgIpc) is 2.26. The Labute approximate surface area is 100.0 Å². The number of carbonyl (C=O) groups is 1. The maximum absolute atomic E-state index is 11.8. The van der Waals surface area contributed by atoms with Gasteiger partial charge in [0.05, 0.1) is 24.2 Å². The summed E-state index contributed by atoms with van der Waals surface area (Å²) in [5, 5.41) is 8.48. The fourth-order valence-corrected chi connectivity index (χ4v) is 2.69. The van der Waals surface area contributed by atoms with Crippen LogP contribution in [0.2, 0.25) is 0 Å². The van der Waals surface area contributed by atoms with E-state index in [9.17, 15) is 13.2 Å². The summed E-state index contributed by atoms with van der Waals surface area (Å²) in [6.45, 7) is 1.73. The second-order valence-electron chi connectivity index (χ2n) is 3.59. The third-order valence-electron chi connectivity index (χ3n) is 2.31. The minimum Gasteiger partial charge on any atom is -0.496 e. The standard InChI is InChI=1S/C11H14O5S/c1-8-7-9(3-4-10(8)16-2)17(14,15)6-5-11(12)13/h3-4,7H,5-6H2,1-2H3,(H,12,13). The summed E-state index contributed by atoms with van der Waals surface area (Å²) in [6.07, 6.45) is -0.395. The van der Waals surface area contributed by atoms with Gasteiger partial charge in [-0.2, -0.15) is 0 Å². The van der Waals surface area contributed by atoms with Gasteiger partial charge >= 0.3 is 5.97 Å². The van der Waals surface area contributed by atoms with Crippen LogP contribution in [0.4, 0.5) is 0 Å². The van der Waals surface area contributed by atoms with Gasteiger partial charge in [-0.25, -0.2) is 8.42 Å². The van der Waals surface area contributed by atoms with Crippen LogP contribution in [0.3, 0.4) is 0 Å². The number of aryl methyl sites for hydroxylation is 1. The monoisotopic (exact) mass is 258 g/mol. The predicted molar refractivity (Wildman–Crippen MR) is 62.0 cm³/mol. The van der Waals surface area contributed by atoms with Gasteiger partial charge < -0.3 is 9.84 Å². The van der Waals surface area contributed by atoms with Crippen LogP contribution < -0.4 is 4.74 Å². The molecule has 1 N–H and O–H groups in total. The van der Waals surface area contributed by atoms with Crippen LogP contribution >= 0.6 is 0 Å². The first-order valence-corrected chi connectivity index (χ1v) is 6.61. The maximum Gasteiger partial charge on any atom is 0.304 e. The van der Waals surface area contributed by atoms with E-state index in [-0.39, 0.29) is 4.90 Å². The number of aliphatic carboxylic acids is 1. The van der Waals surface area contributed by atoms with E-state index >= 15 is 0 Å². The van der Waals surface area contributed by atoms with E-state index in [4.69, 9.17) is 9.84 Å². The lowest BCUT2D eigenvalue weighted by molar-refractivity contribution is -0.136. The van der Waals surface area contributed by atoms with Gasteiger partial charge in [0.2, 0.25) is 0 Å². The van der Waals surface area contributed by atoms with E-state index in [2.05, 4.69) is 0 Å². The van der Waals surface area contributed by atoms with Crippen molar-refractivity contribution in [2.75, 3.05) is 12.9 Å². The molecule has 1 aromatic carbocycles. The van der Waals surface area contributed by atoms with Crippen LogP contribution in [-0.2, 0) is 14.6 Å². The summed E-state index contributed by atoms with van der Waals surface area (Å²) >= 11 is 0. The molecule has 0 heterocycles. The molecule has 0 aliphatic carbocycles. The molecule has 94 valence electrons. The average molecular weight is 258 g/mol. The SMILES string of the molecule is COc1ccc(S(=O)(=O)CCC(=O)O)cc1C. The third-order valence-corrected chi connectivity index (χ3v) is 4.02. The van der Waals surface area contributed by atoms with Gasteiger partial charge in [0.15, 0.2) is 9.84 Å². The first-order valence-electron chi connectivity index (χ1n) is 4.96. The summed E-state index contributed by atoms with van der Waals surface area (Å²) in [5.41, 5.74) is 0.698. The summed E-state index contributed by atoms with van der Waals surface area (Å²) in [6, 6.07) is 4.46. The Bertz CT molecular complexity index is 519. The molecule has 0 aromatic heterocycles. The number of methoxy groups -OCH3 is 1. The Morgan fingerprint density at radius 2 is 2.06 bits per heavy atom. The predicted octanol–water partition coefficient (Wildman–Crippen LogP) is 1.25. The molecule has 6 heteroatoms. The third kappa shape index (κ3) is 3.45. The quantitative estimate of drug-likeness (QED) is 0.859. The molecule has 0 saturated carbocycles. The van der Waals surface area contributed by atoms with E-state index in [1.54, 1.807) is 13.0 Å². The molecule has 0 bridgehead atoms. The second-order valence-corrected chi connectivity index (χ2v) is 5.70. The van der Waals surface area contributed by atoms with Crippen molar-refractivity contribution in [3.63, 3.8) is 0 Å². The zero-order valence-corrected chi connectivity index (χ0v) is 10.5. The van der Waals surface area contributed by atoms with Crippen LogP contribution in [0.5, 0.6) is 5.75 Å². The number of carboxylic acids is 1. The smallest absolute Gasteiger partial charge is 0.304 e. The van der Waals surface area contributed by atoms with Crippen LogP contribution in [0.1, 0.15) is 12.0 Å². The zero-order valence-electron chi connectivity index (χ0n) is 9.63. The van der Waals surface area contributed by atoms with Crippen molar-refractivity contribution < 1.29 is 23.1 Å². The fraction of sp³-hybridized carbons (Fsp3) is 0.364. The maximum atomic E-state index is 11.8. The number of ether oxygens (including phenoxy) is 1. The Hall–Kier alpha value is -1.56. The molecule has 0 unspecified atom stereocenters. The molecule has 1 rings (SSSR count). The van der Waals surface area contributed by atoms with E-state index in [0.717, 1.165) is 0 Å². The van der Waals surface area contributed by atoms with E-state index in [1.165, 1.54) is 19.2 Å². The Kier molecular flexibility index (Phi) is 4.11. The minimum atomic E-state index is -3.54. The molecule has 0 aliphatic rings. The van der Waals surface area contributed by atoms with Crippen LogP contribution in [0.15, 0.2) is 23.1 Å². The molecule has 1 aromatic rings. The highest BCUT2D eigenvalue weighted by Gasteiger charge is 2.17. The first kappa shape index (κ1) is 13.5. The van der Waals surface area contributed by atoms with Gasteiger partial charge in [-0.3, -0.25) is 4.79 Å². The minimum absolute atomic E-state index is 0.122. The lowest BCUT2D eigenvalue weighted by Crippen LogP contribution is -2.11. The van der Waals surface area contributed by atoms with Crippen molar-refractivity contribution in [1.82, 2.24) is 0 Å². The van der Waals surface area contributed by atoms with E-state index < -0.39 is 28.0 Å². The fourth-order valence-electron chi connectivity index (χ4n) is 1.38. The van der Waals surface area contributed by atoms with Crippen LogP contribution in [0, 0.1) is 6.92 Å². The molecule has 0 amide bonds. The molecule has 17 heavy (non-hydrogen) atoms. The number of benzene rings is 1.